The van der Waals surface area contributed by atoms with Crippen LogP contribution in [0.15, 0.2) is 27.7 Å². The Hall–Kier alpha value is -1.43. The Morgan fingerprint density at radius 1 is 1.42 bits per heavy atom. The molecule has 0 aromatic heterocycles. The molecule has 1 saturated carbocycles. The quantitative estimate of drug-likeness (QED) is 0.644. The summed E-state index contributed by atoms with van der Waals surface area (Å²) < 4.78 is 13.6. The van der Waals surface area contributed by atoms with Gasteiger partial charge in [0.2, 0.25) is 0 Å². The third-order valence-corrected chi connectivity index (χ3v) is 4.24. The van der Waals surface area contributed by atoms with Gasteiger partial charge in [-0.1, -0.05) is 19.9 Å². The summed E-state index contributed by atoms with van der Waals surface area (Å²) in [5.41, 5.74) is 11.1. The van der Waals surface area contributed by atoms with Crippen molar-refractivity contribution in [2.24, 2.45) is 27.8 Å². The first-order valence-corrected chi connectivity index (χ1v) is 6.63. The molecule has 1 aromatic carbocycles. The number of nitrogens with two attached hydrogens (primary N) is 2. The van der Waals surface area contributed by atoms with Crippen molar-refractivity contribution in [3.63, 3.8) is 0 Å². The fourth-order valence-corrected chi connectivity index (χ4v) is 3.02. The van der Waals surface area contributed by atoms with E-state index in [-0.39, 0.29) is 34.9 Å². The van der Waals surface area contributed by atoms with Gasteiger partial charge in [-0.15, -0.1) is 0 Å². The summed E-state index contributed by atoms with van der Waals surface area (Å²) in [6.45, 7) is 3.94. The second-order valence-corrected chi connectivity index (χ2v) is 6.18. The molecule has 0 aliphatic heterocycles. The van der Waals surface area contributed by atoms with Crippen molar-refractivity contribution >= 4 is 27.8 Å². The monoisotopic (exact) mass is 327 g/mol. The molecule has 1 aliphatic carbocycles. The molecule has 2 rings (SSSR count). The zero-order chi connectivity index (χ0) is 14.4. The van der Waals surface area contributed by atoms with Crippen molar-refractivity contribution in [2.75, 3.05) is 0 Å². The average molecular weight is 328 g/mol. The Morgan fingerprint density at radius 2 is 2.05 bits per heavy atom. The van der Waals surface area contributed by atoms with Crippen LogP contribution >= 0.6 is 15.9 Å². The molecule has 102 valence electrons. The van der Waals surface area contributed by atoms with Crippen molar-refractivity contribution in [1.82, 2.24) is 0 Å². The number of carbonyl (C=O) groups is 1. The number of hydrogen-bond acceptors (Lipinski definition) is 1. The number of guanidine groups is 1. The lowest BCUT2D eigenvalue weighted by molar-refractivity contribution is -0.119. The molecule has 19 heavy (non-hydrogen) atoms. The van der Waals surface area contributed by atoms with Gasteiger partial charge in [-0.2, -0.15) is 4.99 Å². The molecular formula is C13H15BrFN3O. The lowest BCUT2D eigenvalue weighted by Gasteiger charge is -2.03. The van der Waals surface area contributed by atoms with Gasteiger partial charge in [0.1, 0.15) is 5.82 Å². The van der Waals surface area contributed by atoms with Crippen molar-refractivity contribution in [3.8, 4) is 0 Å². The maximum Gasteiger partial charge on any atom is 0.253 e. The van der Waals surface area contributed by atoms with Crippen molar-refractivity contribution in [2.45, 2.75) is 19.8 Å². The smallest absolute Gasteiger partial charge is 0.253 e. The number of aliphatic imine (C=N–C) groups is 1. The summed E-state index contributed by atoms with van der Waals surface area (Å²) in [5.74, 6) is -1.15. The molecule has 0 heterocycles. The molecule has 0 radical (unpaired) electrons. The molecule has 1 aromatic rings. The molecule has 1 aliphatic rings. The minimum atomic E-state index is -0.325. The highest BCUT2D eigenvalue weighted by Gasteiger charge is 2.62. The molecule has 4 nitrogen and oxygen atoms in total. The summed E-state index contributed by atoms with van der Waals surface area (Å²) in [7, 11) is 0. The minimum Gasteiger partial charge on any atom is -0.370 e. The predicted octanol–water partition coefficient (Wildman–Crippen LogP) is 2.13. The van der Waals surface area contributed by atoms with Crippen molar-refractivity contribution < 1.29 is 9.18 Å². The molecular weight excluding hydrogens is 313 g/mol. The largest absolute Gasteiger partial charge is 0.370 e. The lowest BCUT2D eigenvalue weighted by atomic mass is 10.0. The first kappa shape index (κ1) is 14.0. The Bertz CT molecular complexity index is 567. The van der Waals surface area contributed by atoms with Gasteiger partial charge in [0, 0.05) is 5.92 Å². The molecule has 4 N–H and O–H groups in total. The number of benzene rings is 1. The molecule has 0 bridgehead atoms. The first-order chi connectivity index (χ1) is 8.75. The number of nitrogens with zero attached hydrogens (tertiary/aromatic N) is 1. The molecule has 2 atom stereocenters. The third kappa shape index (κ3) is 2.49. The van der Waals surface area contributed by atoms with E-state index in [4.69, 9.17) is 11.5 Å². The Morgan fingerprint density at radius 3 is 2.58 bits per heavy atom. The van der Waals surface area contributed by atoms with Crippen LogP contribution in [-0.4, -0.2) is 11.9 Å². The van der Waals surface area contributed by atoms with E-state index in [1.54, 1.807) is 12.1 Å². The Labute approximate surface area is 119 Å². The van der Waals surface area contributed by atoms with Gasteiger partial charge in [0.05, 0.1) is 10.4 Å². The van der Waals surface area contributed by atoms with E-state index < -0.39 is 0 Å². The fourth-order valence-electron chi connectivity index (χ4n) is 2.62. The highest BCUT2D eigenvalue weighted by molar-refractivity contribution is 9.10. The zero-order valence-electron chi connectivity index (χ0n) is 10.7. The second-order valence-electron chi connectivity index (χ2n) is 5.33. The highest BCUT2D eigenvalue weighted by Crippen LogP contribution is 2.65. The van der Waals surface area contributed by atoms with Gasteiger partial charge >= 0.3 is 0 Å². The van der Waals surface area contributed by atoms with Gasteiger partial charge in [0.25, 0.3) is 5.91 Å². The van der Waals surface area contributed by atoms with Crippen LogP contribution in [0.1, 0.15) is 25.3 Å². The van der Waals surface area contributed by atoms with Gasteiger partial charge < -0.3 is 11.5 Å². The Kier molecular flexibility index (Phi) is 3.38. The third-order valence-electron chi connectivity index (χ3n) is 3.64. The van der Waals surface area contributed by atoms with Gasteiger partial charge in [-0.05, 0) is 39.0 Å². The molecule has 0 unspecified atom stereocenters. The SMILES string of the molecule is CC1(C)[C@@H](C(=O)N=C(N)N)[C@@H]1c1ccc(F)c(Br)c1. The minimum absolute atomic E-state index is 0. The van der Waals surface area contributed by atoms with Gasteiger partial charge in [-0.3, -0.25) is 4.79 Å². The zero-order valence-corrected chi connectivity index (χ0v) is 12.2. The number of rotatable bonds is 2. The van der Waals surface area contributed by atoms with Crippen LogP contribution in [0.4, 0.5) is 4.39 Å². The van der Waals surface area contributed by atoms with Crippen LogP contribution in [0, 0.1) is 17.2 Å². The fraction of sp³-hybridized carbons (Fsp3) is 0.385. The number of amides is 1. The van der Waals surface area contributed by atoms with Crippen LogP contribution in [0.3, 0.4) is 0 Å². The highest BCUT2D eigenvalue weighted by atomic mass is 79.9. The van der Waals surface area contributed by atoms with Crippen LogP contribution in [-0.2, 0) is 4.79 Å². The summed E-state index contributed by atoms with van der Waals surface area (Å²) in [5, 5.41) is 0. The topological polar surface area (TPSA) is 81.5 Å². The average Bonchev–Trinajstić information content (AvgIpc) is 2.85. The van der Waals surface area contributed by atoms with E-state index in [1.807, 2.05) is 13.8 Å². The number of halogens is 2. The van der Waals surface area contributed by atoms with Crippen LogP contribution < -0.4 is 11.5 Å². The number of hydrogen-bond donors (Lipinski definition) is 2. The predicted molar refractivity (Wildman–Crippen MR) is 74.9 cm³/mol. The summed E-state index contributed by atoms with van der Waals surface area (Å²) >= 11 is 3.15. The number of carbonyl (C=O) groups excluding carboxylic acids is 1. The molecule has 1 amide bonds. The maximum atomic E-state index is 13.2. The molecule has 6 heteroatoms. The van der Waals surface area contributed by atoms with Crippen LogP contribution in [0.5, 0.6) is 0 Å². The summed E-state index contributed by atoms with van der Waals surface area (Å²) in [4.78, 5) is 15.5. The molecule has 0 spiro atoms. The first-order valence-electron chi connectivity index (χ1n) is 5.83. The van der Waals surface area contributed by atoms with Crippen LogP contribution in [0.25, 0.3) is 0 Å². The lowest BCUT2D eigenvalue weighted by Crippen LogP contribution is -2.25. The van der Waals surface area contributed by atoms with E-state index >= 15 is 0 Å². The molecule has 0 saturated heterocycles. The van der Waals surface area contributed by atoms with Gasteiger partial charge in [-0.25, -0.2) is 4.39 Å². The summed E-state index contributed by atoms with van der Waals surface area (Å²) in [6.07, 6.45) is 0. The van der Waals surface area contributed by atoms with E-state index in [2.05, 4.69) is 20.9 Å². The standard InChI is InChI=1S/C13H15BrFN3O/c1-13(2)9(10(13)11(19)18-12(16)17)6-3-4-8(15)7(14)5-6/h3-5,9-10H,1-2H3,(H4,16,17,18,19)/t9-,10+/m0/s1. The van der Waals surface area contributed by atoms with E-state index in [1.165, 1.54) is 6.07 Å². The van der Waals surface area contributed by atoms with Crippen molar-refractivity contribution in [1.29, 1.82) is 0 Å². The van der Waals surface area contributed by atoms with Crippen molar-refractivity contribution in [3.05, 3.63) is 34.1 Å². The molecule has 1 fully saturated rings. The maximum absolute atomic E-state index is 13.2. The second kappa shape index (κ2) is 4.59. The van der Waals surface area contributed by atoms with E-state index in [0.717, 1.165) is 5.56 Å². The van der Waals surface area contributed by atoms with Crippen LogP contribution in [0.2, 0.25) is 0 Å². The normalized spacial score (nSPS) is 23.8. The summed E-state index contributed by atoms with van der Waals surface area (Å²) in [6, 6.07) is 4.77. The van der Waals surface area contributed by atoms with E-state index in [0.29, 0.717) is 4.47 Å². The van der Waals surface area contributed by atoms with Gasteiger partial charge in [0.15, 0.2) is 5.96 Å². The van der Waals surface area contributed by atoms with E-state index in [9.17, 15) is 9.18 Å². The Balaban J connectivity index is 2.29.